The zero-order valence-electron chi connectivity index (χ0n) is 25.6. The van der Waals surface area contributed by atoms with Crippen molar-refractivity contribution in [3.63, 3.8) is 0 Å². The van der Waals surface area contributed by atoms with Crippen molar-refractivity contribution in [1.29, 1.82) is 0 Å². The van der Waals surface area contributed by atoms with Crippen LogP contribution in [-0.2, 0) is 23.1 Å². The van der Waals surface area contributed by atoms with E-state index in [-0.39, 0.29) is 12.8 Å². The smallest absolute Gasteiger partial charge is 0.303 e. The largest absolute Gasteiger partial charge is 0.481 e. The maximum atomic E-state index is 11.6. The van der Waals surface area contributed by atoms with Crippen LogP contribution in [-0.4, -0.2) is 42.4 Å². The van der Waals surface area contributed by atoms with E-state index in [0.29, 0.717) is 18.5 Å². The number of aromatic nitrogens is 3. The molecule has 3 aromatic rings. The zero-order valence-corrected chi connectivity index (χ0v) is 25.6. The Morgan fingerprint density at radius 1 is 0.884 bits per heavy atom. The Labute approximate surface area is 250 Å². The second-order valence-corrected chi connectivity index (χ2v) is 11.3. The molecule has 0 unspecified atom stereocenters. The third-order valence-electron chi connectivity index (χ3n) is 8.79. The third kappa shape index (κ3) is 5.29. The van der Waals surface area contributed by atoms with Gasteiger partial charge in [0.2, 0.25) is 0 Å². The summed E-state index contributed by atoms with van der Waals surface area (Å²) in [5.74, 6) is -1.73. The molecule has 0 fully saturated rings. The molecule has 0 saturated carbocycles. The number of hydrogen-bond acceptors (Lipinski definition) is 3. The number of carboxylic acids is 2. The number of nitrogens with zero attached hydrogens (tertiary/aromatic N) is 2. The highest BCUT2D eigenvalue weighted by Gasteiger charge is 2.24. The van der Waals surface area contributed by atoms with E-state index in [1.165, 1.54) is 0 Å². The van der Waals surface area contributed by atoms with Crippen molar-refractivity contribution in [1.82, 2.24) is 14.5 Å². The lowest BCUT2D eigenvalue weighted by Crippen LogP contribution is -2.24. The van der Waals surface area contributed by atoms with E-state index >= 15 is 0 Å². The molecule has 8 bridgehead atoms. The van der Waals surface area contributed by atoms with Gasteiger partial charge in [-0.2, -0.15) is 0 Å². The molecule has 0 aliphatic carbocycles. The molecule has 0 atom stereocenters. The Morgan fingerprint density at radius 3 is 2.23 bits per heavy atom. The number of carboxylic acid groups (broad SMARTS) is 2. The van der Waals surface area contributed by atoms with Crippen molar-refractivity contribution in [2.45, 2.75) is 60.3 Å². The van der Waals surface area contributed by atoms with Crippen molar-refractivity contribution in [2.75, 3.05) is 0 Å². The minimum atomic E-state index is -0.871. The number of aromatic amines is 2. The summed E-state index contributed by atoms with van der Waals surface area (Å²) in [6.45, 7) is 14.3. The van der Waals surface area contributed by atoms with E-state index in [9.17, 15) is 19.8 Å². The number of hydrogen-bond donors (Lipinski definition) is 4. The van der Waals surface area contributed by atoms with Gasteiger partial charge >= 0.3 is 11.9 Å². The van der Waals surface area contributed by atoms with Crippen molar-refractivity contribution in [2.24, 2.45) is 12.0 Å². The normalized spacial score (nSPS) is 16.6. The van der Waals surface area contributed by atoms with Crippen molar-refractivity contribution >= 4 is 54.1 Å². The van der Waals surface area contributed by atoms with Gasteiger partial charge in [0.1, 0.15) is 0 Å². The third-order valence-corrected chi connectivity index (χ3v) is 8.79. The molecule has 43 heavy (non-hydrogen) atoms. The van der Waals surface area contributed by atoms with E-state index in [2.05, 4.69) is 53.2 Å². The number of fused-ring (bicyclic) bond motifs is 7. The molecule has 2 aliphatic heterocycles. The van der Waals surface area contributed by atoms with Crippen molar-refractivity contribution in [3.05, 3.63) is 89.6 Å². The summed E-state index contributed by atoms with van der Waals surface area (Å²) in [4.78, 5) is 35.4. The topological polar surface area (TPSA) is 123 Å². The Balaban J connectivity index is 1.93. The van der Waals surface area contributed by atoms with Gasteiger partial charge in [-0.3, -0.25) is 9.59 Å². The first-order valence-corrected chi connectivity index (χ1v) is 14.5. The van der Waals surface area contributed by atoms with Gasteiger partial charge < -0.3 is 24.7 Å². The van der Waals surface area contributed by atoms with Crippen molar-refractivity contribution < 1.29 is 19.8 Å². The number of aliphatic carboxylic acids is 2. The number of H-pyrrole nitrogens is 2. The van der Waals surface area contributed by atoms with Gasteiger partial charge in [0.25, 0.3) is 0 Å². The molecule has 5 rings (SSSR count). The van der Waals surface area contributed by atoms with Crippen LogP contribution in [0.3, 0.4) is 0 Å². The molecule has 0 amide bonds. The SMILES string of the molecule is C=Cc1c(C)c2[nH]c1=Cc1[nH]c(/c(=C/C)c1C)=C\c1c(C)c(CCC(=O)O)c(n1C)/C=C1\N=C(C=2)C(C)=C1CCC(=O)O. The molecule has 2 aliphatic rings. The monoisotopic (exact) mass is 578 g/mol. The summed E-state index contributed by atoms with van der Waals surface area (Å²) in [5, 5.41) is 22.9. The molecule has 0 aromatic carbocycles. The van der Waals surface area contributed by atoms with Gasteiger partial charge in [0, 0.05) is 58.6 Å². The van der Waals surface area contributed by atoms with Crippen LogP contribution < -0.4 is 21.3 Å². The molecule has 8 nitrogen and oxygen atoms in total. The summed E-state index contributed by atoms with van der Waals surface area (Å²) in [6, 6.07) is 0. The molecule has 0 saturated heterocycles. The first-order valence-electron chi connectivity index (χ1n) is 14.5. The van der Waals surface area contributed by atoms with Gasteiger partial charge in [0.15, 0.2) is 0 Å². The average molecular weight is 579 g/mol. The Morgan fingerprint density at radius 2 is 1.58 bits per heavy atom. The van der Waals surface area contributed by atoms with E-state index in [4.69, 9.17) is 4.99 Å². The highest BCUT2D eigenvalue weighted by Crippen LogP contribution is 2.34. The van der Waals surface area contributed by atoms with E-state index in [1.807, 2.05) is 46.0 Å². The number of rotatable bonds is 7. The fourth-order valence-electron chi connectivity index (χ4n) is 6.31. The molecule has 4 N–H and O–H groups in total. The lowest BCUT2D eigenvalue weighted by Gasteiger charge is -2.08. The fourth-order valence-corrected chi connectivity index (χ4v) is 6.31. The van der Waals surface area contributed by atoms with Crippen LogP contribution in [0.2, 0.25) is 0 Å². The molecule has 0 spiro atoms. The van der Waals surface area contributed by atoms with Crippen LogP contribution in [0.5, 0.6) is 0 Å². The van der Waals surface area contributed by atoms with Crippen LogP contribution in [0.25, 0.3) is 36.5 Å². The average Bonchev–Trinajstić information content (AvgIpc) is 3.59. The summed E-state index contributed by atoms with van der Waals surface area (Å²) in [5.41, 5.74) is 11.2. The number of aliphatic imine (C=N–C) groups is 1. The molecule has 5 heterocycles. The van der Waals surface area contributed by atoms with Crippen LogP contribution in [0, 0.1) is 20.8 Å². The Bertz CT molecular complexity index is 2050. The Kier molecular flexibility index (Phi) is 7.88. The van der Waals surface area contributed by atoms with Crippen molar-refractivity contribution in [3.8, 4) is 0 Å². The van der Waals surface area contributed by atoms with Crippen LogP contribution in [0.4, 0.5) is 0 Å². The fraction of sp³-hybridized carbons (Fsp3) is 0.286. The highest BCUT2D eigenvalue weighted by atomic mass is 16.4. The van der Waals surface area contributed by atoms with Gasteiger partial charge in [-0.15, -0.1) is 0 Å². The standard InChI is InChI=1S/C35H38N4O4/c1-8-22-18(3)26-14-27-20(5)24(10-12-34(40)41)31(38-27)17-33-25(11-13-35(42)43)21(6)32(39(33)7)16-30-23(9-2)19(4)28(37-30)15-29(22)36-26/h8-9,14-17,36-37H,1,10-13H2,2-7H3,(H,40,41)(H,42,43)/b23-9+,26-14?,29-15?,30-16-,31-17-. The summed E-state index contributed by atoms with van der Waals surface area (Å²) in [7, 11) is 1.98. The zero-order chi connectivity index (χ0) is 31.2. The highest BCUT2D eigenvalue weighted by molar-refractivity contribution is 6.23. The Hall–Kier alpha value is -4.85. The lowest BCUT2D eigenvalue weighted by molar-refractivity contribution is -0.138. The number of carbonyl (C=O) groups is 2. The second kappa shape index (κ2) is 11.4. The molecular weight excluding hydrogens is 540 g/mol. The van der Waals surface area contributed by atoms with E-state index < -0.39 is 11.9 Å². The summed E-state index contributed by atoms with van der Waals surface area (Å²) < 4.78 is 2.09. The van der Waals surface area contributed by atoms with Crippen LogP contribution in [0.1, 0.15) is 78.0 Å². The van der Waals surface area contributed by atoms with E-state index in [1.54, 1.807) is 0 Å². The number of nitrogens with one attached hydrogen (secondary N) is 2. The minimum absolute atomic E-state index is 0.00193. The maximum Gasteiger partial charge on any atom is 0.303 e. The molecule has 8 heteroatoms. The van der Waals surface area contributed by atoms with Crippen LogP contribution >= 0.6 is 0 Å². The predicted octanol–water partition coefficient (Wildman–Crippen LogP) is 3.50. The van der Waals surface area contributed by atoms with Gasteiger partial charge in [-0.1, -0.05) is 18.7 Å². The predicted molar refractivity (Wildman–Crippen MR) is 172 cm³/mol. The first-order chi connectivity index (χ1) is 20.4. The summed E-state index contributed by atoms with van der Waals surface area (Å²) in [6.07, 6.45) is 12.9. The molecule has 3 aromatic heterocycles. The quantitative estimate of drug-likeness (QED) is 0.343. The van der Waals surface area contributed by atoms with Crippen LogP contribution in [0.15, 0.2) is 28.4 Å². The molecule has 0 radical (unpaired) electrons. The van der Waals surface area contributed by atoms with E-state index in [0.717, 1.165) is 83.0 Å². The minimum Gasteiger partial charge on any atom is -0.481 e. The molecular formula is C35H38N4O4. The van der Waals surface area contributed by atoms with Gasteiger partial charge in [-0.05, 0) is 110 Å². The number of allylic oxidation sites excluding steroid dienone is 2. The second-order valence-electron chi connectivity index (χ2n) is 11.3. The molecule has 222 valence electrons. The summed E-state index contributed by atoms with van der Waals surface area (Å²) >= 11 is 0. The van der Waals surface area contributed by atoms with Gasteiger partial charge in [0.05, 0.1) is 11.4 Å². The maximum absolute atomic E-state index is 11.6. The first kappa shape index (κ1) is 29.6. The lowest BCUT2D eigenvalue weighted by atomic mass is 9.98. The van der Waals surface area contributed by atoms with Gasteiger partial charge in [-0.25, -0.2) is 4.99 Å².